The maximum absolute atomic E-state index is 10.6. The van der Waals surface area contributed by atoms with Crippen molar-refractivity contribution in [2.45, 2.75) is 32.7 Å². The molecule has 0 amide bonds. The second kappa shape index (κ2) is 9.69. The van der Waals surface area contributed by atoms with Crippen LogP contribution in [-0.2, 0) is 36.2 Å². The van der Waals surface area contributed by atoms with E-state index in [9.17, 15) is 13.2 Å². The van der Waals surface area contributed by atoms with E-state index in [0.29, 0.717) is 5.92 Å². The van der Waals surface area contributed by atoms with Crippen LogP contribution >= 0.6 is 0 Å². The summed E-state index contributed by atoms with van der Waals surface area (Å²) >= 11 is 0. The topological polar surface area (TPSA) is 85.4 Å². The molecule has 2 aromatic heterocycles. The number of halogens is 3. The third kappa shape index (κ3) is 6.64. The van der Waals surface area contributed by atoms with Gasteiger partial charge in [0, 0.05) is 63.4 Å². The van der Waals surface area contributed by atoms with Gasteiger partial charge in [0.15, 0.2) is 0 Å². The lowest BCUT2D eigenvalue weighted by Gasteiger charge is -2.23. The molecule has 1 aliphatic heterocycles. The summed E-state index contributed by atoms with van der Waals surface area (Å²) < 4.78 is 41.5. The van der Waals surface area contributed by atoms with E-state index in [4.69, 9.17) is 14.6 Å². The van der Waals surface area contributed by atoms with Gasteiger partial charge < -0.3 is 14.4 Å². The zero-order valence-corrected chi connectivity index (χ0v) is 15.8. The van der Waals surface area contributed by atoms with Gasteiger partial charge in [-0.25, -0.2) is 9.78 Å². The number of aliphatic carboxylic acids is 1. The van der Waals surface area contributed by atoms with Gasteiger partial charge in [0.2, 0.25) is 0 Å². The maximum atomic E-state index is 10.6. The first kappa shape index (κ1) is 21.9. The van der Waals surface area contributed by atoms with Crippen LogP contribution in [-0.4, -0.2) is 61.2 Å². The standard InChI is InChI=1S/C15H23N5O.C2HF3O2/c1-3-21-12-14-9-19(8-13-6-17-18(2)7-13)11-15-16-4-5-20(15)10-14;3-2(4,5)1(6)7/h4-7,14H,3,8-12H2,1-2H3;(H,6,7). The molecule has 0 bridgehead atoms. The smallest absolute Gasteiger partial charge is 0.475 e. The summed E-state index contributed by atoms with van der Waals surface area (Å²) in [5, 5.41) is 11.4. The fraction of sp³-hybridized carbons (Fsp3) is 0.588. The van der Waals surface area contributed by atoms with Crippen LogP contribution in [0, 0.1) is 5.92 Å². The minimum Gasteiger partial charge on any atom is -0.475 e. The first-order valence-electron chi connectivity index (χ1n) is 8.76. The van der Waals surface area contributed by atoms with Crippen LogP contribution in [0.2, 0.25) is 0 Å². The number of nitrogens with zero attached hydrogens (tertiary/aromatic N) is 5. The maximum Gasteiger partial charge on any atom is 0.490 e. The summed E-state index contributed by atoms with van der Waals surface area (Å²) in [5.41, 5.74) is 1.24. The van der Waals surface area contributed by atoms with Crippen molar-refractivity contribution in [3.8, 4) is 0 Å². The van der Waals surface area contributed by atoms with Gasteiger partial charge in [-0.15, -0.1) is 0 Å². The molecule has 0 aliphatic carbocycles. The van der Waals surface area contributed by atoms with Crippen LogP contribution in [0.15, 0.2) is 24.8 Å². The van der Waals surface area contributed by atoms with Crippen molar-refractivity contribution in [3.63, 3.8) is 0 Å². The Morgan fingerprint density at radius 1 is 1.39 bits per heavy atom. The first-order valence-corrected chi connectivity index (χ1v) is 8.76. The highest BCUT2D eigenvalue weighted by Gasteiger charge is 2.38. The molecular formula is C17H24F3N5O3. The number of imidazole rings is 1. The highest BCUT2D eigenvalue weighted by Crippen LogP contribution is 2.18. The molecule has 0 saturated carbocycles. The van der Waals surface area contributed by atoms with Crippen molar-refractivity contribution in [2.75, 3.05) is 19.8 Å². The van der Waals surface area contributed by atoms with Gasteiger partial charge in [0.05, 0.1) is 19.3 Å². The van der Waals surface area contributed by atoms with Crippen molar-refractivity contribution in [1.29, 1.82) is 0 Å². The lowest BCUT2D eigenvalue weighted by Crippen LogP contribution is -2.30. The van der Waals surface area contributed by atoms with Crippen molar-refractivity contribution in [3.05, 3.63) is 36.2 Å². The predicted octanol–water partition coefficient (Wildman–Crippen LogP) is 1.92. The van der Waals surface area contributed by atoms with Gasteiger partial charge in [-0.05, 0) is 6.92 Å². The average molecular weight is 403 g/mol. The van der Waals surface area contributed by atoms with Crippen LogP contribution in [0.1, 0.15) is 18.3 Å². The fourth-order valence-corrected chi connectivity index (χ4v) is 2.95. The lowest BCUT2D eigenvalue weighted by molar-refractivity contribution is -0.192. The monoisotopic (exact) mass is 403 g/mol. The van der Waals surface area contributed by atoms with Crippen molar-refractivity contribution >= 4 is 5.97 Å². The van der Waals surface area contributed by atoms with E-state index in [-0.39, 0.29) is 0 Å². The number of aryl methyl sites for hydroxylation is 1. The summed E-state index contributed by atoms with van der Waals surface area (Å²) in [6, 6.07) is 0. The quantitative estimate of drug-likeness (QED) is 0.821. The number of ether oxygens (including phenoxy) is 1. The molecule has 156 valence electrons. The van der Waals surface area contributed by atoms with Crippen LogP contribution < -0.4 is 0 Å². The Bertz CT molecular complexity index is 759. The van der Waals surface area contributed by atoms with E-state index in [1.807, 2.05) is 31.0 Å². The van der Waals surface area contributed by atoms with Gasteiger partial charge >= 0.3 is 12.1 Å². The van der Waals surface area contributed by atoms with E-state index in [2.05, 4.69) is 31.9 Å². The molecule has 1 atom stereocenters. The molecule has 11 heteroatoms. The van der Waals surface area contributed by atoms with E-state index in [1.165, 1.54) is 5.56 Å². The number of fused-ring (bicyclic) bond motifs is 1. The minimum absolute atomic E-state index is 0.497. The van der Waals surface area contributed by atoms with Crippen LogP contribution in [0.25, 0.3) is 0 Å². The van der Waals surface area contributed by atoms with E-state index >= 15 is 0 Å². The van der Waals surface area contributed by atoms with E-state index in [0.717, 1.165) is 45.2 Å². The Labute approximate surface area is 160 Å². The molecule has 1 N–H and O–H groups in total. The van der Waals surface area contributed by atoms with E-state index < -0.39 is 12.1 Å². The number of carboxylic acids is 1. The molecule has 0 radical (unpaired) electrons. The van der Waals surface area contributed by atoms with Gasteiger partial charge in [-0.3, -0.25) is 9.58 Å². The molecule has 28 heavy (non-hydrogen) atoms. The predicted molar refractivity (Wildman–Crippen MR) is 93.2 cm³/mol. The second-order valence-electron chi connectivity index (χ2n) is 6.52. The Morgan fingerprint density at radius 2 is 2.11 bits per heavy atom. The fourth-order valence-electron chi connectivity index (χ4n) is 2.95. The lowest BCUT2D eigenvalue weighted by atomic mass is 10.1. The van der Waals surface area contributed by atoms with Crippen LogP contribution in [0.4, 0.5) is 13.2 Å². The number of rotatable bonds is 5. The molecule has 0 saturated heterocycles. The summed E-state index contributed by atoms with van der Waals surface area (Å²) in [6.07, 6.45) is 2.90. The number of alkyl halides is 3. The molecule has 3 rings (SSSR count). The molecule has 8 nitrogen and oxygen atoms in total. The first-order chi connectivity index (χ1) is 13.2. The number of carboxylic acid groups (broad SMARTS) is 1. The zero-order valence-electron chi connectivity index (χ0n) is 15.8. The highest BCUT2D eigenvalue weighted by molar-refractivity contribution is 5.73. The summed E-state index contributed by atoms with van der Waals surface area (Å²) in [7, 11) is 1.95. The number of hydrogen-bond acceptors (Lipinski definition) is 5. The van der Waals surface area contributed by atoms with Gasteiger partial charge in [-0.1, -0.05) is 0 Å². The number of aromatic nitrogens is 4. The van der Waals surface area contributed by atoms with Crippen molar-refractivity contribution in [1.82, 2.24) is 24.2 Å². The van der Waals surface area contributed by atoms with E-state index in [1.54, 1.807) is 0 Å². The third-order valence-corrected chi connectivity index (χ3v) is 4.10. The Hall–Kier alpha value is -2.40. The molecule has 0 fully saturated rings. The molecular weight excluding hydrogens is 379 g/mol. The molecule has 0 aromatic carbocycles. The molecule has 0 spiro atoms. The van der Waals surface area contributed by atoms with Crippen molar-refractivity contribution < 1.29 is 27.8 Å². The minimum atomic E-state index is -5.08. The number of carbonyl (C=O) groups is 1. The third-order valence-electron chi connectivity index (χ3n) is 4.10. The summed E-state index contributed by atoms with van der Waals surface area (Å²) in [6.45, 7) is 7.42. The summed E-state index contributed by atoms with van der Waals surface area (Å²) in [5.74, 6) is -1.12. The largest absolute Gasteiger partial charge is 0.490 e. The zero-order chi connectivity index (χ0) is 20.7. The van der Waals surface area contributed by atoms with Gasteiger partial charge in [0.1, 0.15) is 5.82 Å². The summed E-state index contributed by atoms with van der Waals surface area (Å²) in [4.78, 5) is 15.8. The van der Waals surface area contributed by atoms with Gasteiger partial charge in [-0.2, -0.15) is 18.3 Å². The van der Waals surface area contributed by atoms with Crippen LogP contribution in [0.5, 0.6) is 0 Å². The molecule has 2 aromatic rings. The molecule has 1 aliphatic rings. The molecule has 3 heterocycles. The van der Waals surface area contributed by atoms with Crippen molar-refractivity contribution in [2.24, 2.45) is 13.0 Å². The Kier molecular flexibility index (Phi) is 7.58. The Morgan fingerprint density at radius 3 is 2.68 bits per heavy atom. The highest BCUT2D eigenvalue weighted by atomic mass is 19.4. The van der Waals surface area contributed by atoms with Crippen LogP contribution in [0.3, 0.4) is 0 Å². The van der Waals surface area contributed by atoms with Gasteiger partial charge in [0.25, 0.3) is 0 Å². The second-order valence-corrected chi connectivity index (χ2v) is 6.52. The normalized spacial score (nSPS) is 17.4. The number of hydrogen-bond donors (Lipinski definition) is 1. The average Bonchev–Trinajstić information content (AvgIpc) is 3.17. The SMILES string of the molecule is CCOCC1CN(Cc2cnn(C)c2)Cc2nccn2C1.O=C(O)C(F)(F)F. The molecule has 1 unspecified atom stereocenters. The Balaban J connectivity index is 0.000000345.